The van der Waals surface area contributed by atoms with E-state index in [1.165, 1.54) is 66.4 Å². The summed E-state index contributed by atoms with van der Waals surface area (Å²) < 4.78 is 2.58. The maximum Gasteiger partial charge on any atom is 0.129 e. The molecule has 4 heteroatoms. The minimum atomic E-state index is -0.531. The molecule has 2 aliphatic carbocycles. The third-order valence-corrected chi connectivity index (χ3v) is 12.1. The summed E-state index contributed by atoms with van der Waals surface area (Å²) in [5.41, 5.74) is 13.3. The fraction of sp³-hybridized carbons (Fsp3) is 0.0962. The third kappa shape index (κ3) is 4.99. The van der Waals surface area contributed by atoms with Gasteiger partial charge in [-0.05, 0) is 51.1 Å². The molecule has 0 spiro atoms. The summed E-state index contributed by atoms with van der Waals surface area (Å²) in [6, 6.07) is 66.2. The Labute approximate surface area is 327 Å². The summed E-state index contributed by atoms with van der Waals surface area (Å²) in [7, 11) is 0. The highest BCUT2D eigenvalue weighted by atomic mass is 15.3. The third-order valence-electron chi connectivity index (χ3n) is 12.1. The van der Waals surface area contributed by atoms with Gasteiger partial charge in [0, 0.05) is 34.4 Å². The van der Waals surface area contributed by atoms with Gasteiger partial charge in [-0.2, -0.15) is 0 Å². The number of para-hydroxylation sites is 1. The Bertz CT molecular complexity index is 2790. The molecule has 3 unspecified atom stereocenters. The monoisotopic (exact) mass is 720 g/mol. The lowest BCUT2D eigenvalue weighted by Crippen LogP contribution is -2.47. The van der Waals surface area contributed by atoms with Crippen LogP contribution in [0.5, 0.6) is 0 Å². The Morgan fingerprint density at radius 1 is 0.571 bits per heavy atom. The molecule has 56 heavy (non-hydrogen) atoms. The summed E-state index contributed by atoms with van der Waals surface area (Å²) >= 11 is 0. The van der Waals surface area contributed by atoms with Crippen LogP contribution in [0.2, 0.25) is 0 Å². The van der Waals surface area contributed by atoms with Gasteiger partial charge in [-0.15, -0.1) is 0 Å². The fourth-order valence-electron chi connectivity index (χ4n) is 9.69. The zero-order valence-electron chi connectivity index (χ0n) is 30.9. The first kappa shape index (κ1) is 32.7. The molecule has 0 saturated heterocycles. The molecular weight excluding hydrogens is 681 g/mol. The summed E-state index contributed by atoms with van der Waals surface area (Å²) in [5.74, 6) is 1.04. The number of nitrogens with zero attached hydrogens (tertiary/aromatic N) is 2. The van der Waals surface area contributed by atoms with E-state index in [0.717, 1.165) is 17.8 Å². The zero-order valence-corrected chi connectivity index (χ0v) is 30.9. The first-order valence-electron chi connectivity index (χ1n) is 19.6. The molecule has 0 fully saturated rings. The van der Waals surface area contributed by atoms with Crippen LogP contribution >= 0.6 is 0 Å². The minimum absolute atomic E-state index is 0.0488. The molecule has 2 heterocycles. The van der Waals surface area contributed by atoms with E-state index in [1.807, 2.05) is 0 Å². The predicted octanol–water partition coefficient (Wildman–Crippen LogP) is 11.6. The number of benzene rings is 7. The Morgan fingerprint density at radius 3 is 1.93 bits per heavy atom. The molecule has 0 radical (unpaired) electrons. The lowest BCUT2D eigenvalue weighted by atomic mass is 9.67. The van der Waals surface area contributed by atoms with Crippen LogP contribution in [0.1, 0.15) is 52.1 Å². The van der Waals surface area contributed by atoms with Gasteiger partial charge < -0.3 is 9.88 Å². The molecule has 2 N–H and O–H groups in total. The fourth-order valence-corrected chi connectivity index (χ4v) is 9.69. The highest BCUT2D eigenvalue weighted by Crippen LogP contribution is 2.59. The molecule has 0 saturated carbocycles. The largest absolute Gasteiger partial charge is 0.354 e. The van der Waals surface area contributed by atoms with Gasteiger partial charge in [0.25, 0.3) is 0 Å². The van der Waals surface area contributed by atoms with Gasteiger partial charge in [0.2, 0.25) is 0 Å². The van der Waals surface area contributed by atoms with E-state index in [4.69, 9.17) is 4.99 Å². The Kier molecular flexibility index (Phi) is 7.71. The van der Waals surface area contributed by atoms with Crippen LogP contribution in [-0.2, 0) is 5.41 Å². The maximum atomic E-state index is 5.39. The van der Waals surface area contributed by atoms with E-state index in [9.17, 15) is 0 Å². The van der Waals surface area contributed by atoms with E-state index >= 15 is 0 Å². The molecule has 0 amide bonds. The lowest BCUT2D eigenvalue weighted by Gasteiger charge is -2.36. The van der Waals surface area contributed by atoms with Crippen LogP contribution in [0.25, 0.3) is 38.6 Å². The van der Waals surface area contributed by atoms with Gasteiger partial charge in [-0.1, -0.05) is 188 Å². The van der Waals surface area contributed by atoms with Crippen molar-refractivity contribution in [2.24, 2.45) is 10.9 Å². The van der Waals surface area contributed by atoms with E-state index in [0.29, 0.717) is 0 Å². The van der Waals surface area contributed by atoms with Crippen LogP contribution in [-0.4, -0.2) is 10.4 Å². The van der Waals surface area contributed by atoms with Gasteiger partial charge in [0.05, 0.1) is 16.4 Å². The number of aromatic nitrogens is 1. The van der Waals surface area contributed by atoms with Crippen LogP contribution in [0, 0.1) is 5.92 Å². The van der Waals surface area contributed by atoms with Crippen molar-refractivity contribution in [1.82, 2.24) is 15.2 Å². The topological polar surface area (TPSA) is 41.4 Å². The molecule has 3 aliphatic rings. The first-order valence-corrected chi connectivity index (χ1v) is 19.6. The van der Waals surface area contributed by atoms with Gasteiger partial charge in [0.1, 0.15) is 18.2 Å². The van der Waals surface area contributed by atoms with Crippen LogP contribution < -0.4 is 10.6 Å². The summed E-state index contributed by atoms with van der Waals surface area (Å²) in [6.45, 7) is 0. The maximum absolute atomic E-state index is 5.39. The number of rotatable bonds is 6. The summed E-state index contributed by atoms with van der Waals surface area (Å²) in [6.07, 6.45) is 7.42. The zero-order chi connectivity index (χ0) is 37.1. The number of nitrogens with one attached hydrogen (secondary N) is 2. The molecule has 0 bridgehead atoms. The molecule has 7 aromatic carbocycles. The van der Waals surface area contributed by atoms with Crippen molar-refractivity contribution >= 4 is 33.3 Å². The predicted molar refractivity (Wildman–Crippen MR) is 230 cm³/mol. The standard InChI is InChI=1S/C52H40N4/c1-5-18-35(19-6-1)49-53-50(36-20-7-2-8-21-36)55-51(54-49)37-22-17-27-40(34-37)56-46-31-16-14-29-42(46)44-33-32-43-41-28-13-15-30-45(41)52(47(43)48(44)56,38-23-9-3-10-24-38)39-25-11-4-12-26-39/h1-33,37,49-50,53H,34H2,(H,54,55). The van der Waals surface area contributed by atoms with Crippen molar-refractivity contribution in [3.63, 3.8) is 0 Å². The number of aliphatic imine (C=N–C) groups is 1. The molecule has 268 valence electrons. The summed E-state index contributed by atoms with van der Waals surface area (Å²) in [4.78, 5) is 5.39. The van der Waals surface area contributed by atoms with Crippen molar-refractivity contribution in [2.75, 3.05) is 0 Å². The number of fused-ring (bicyclic) bond motifs is 7. The summed E-state index contributed by atoms with van der Waals surface area (Å²) in [5, 5.41) is 10.1. The second kappa shape index (κ2) is 13.2. The number of hydrogen-bond acceptors (Lipinski definition) is 3. The molecule has 4 nitrogen and oxygen atoms in total. The average molecular weight is 721 g/mol. The molecule has 11 rings (SSSR count). The first-order chi connectivity index (χ1) is 27.8. The number of allylic oxidation sites excluding steroid dienone is 3. The van der Waals surface area contributed by atoms with E-state index in [-0.39, 0.29) is 18.2 Å². The van der Waals surface area contributed by atoms with Crippen molar-refractivity contribution < 1.29 is 0 Å². The molecular formula is C52H40N4. The highest BCUT2D eigenvalue weighted by Gasteiger charge is 2.48. The van der Waals surface area contributed by atoms with Crippen molar-refractivity contribution in [3.8, 4) is 11.1 Å². The van der Waals surface area contributed by atoms with Gasteiger partial charge >= 0.3 is 0 Å². The average Bonchev–Trinajstić information content (AvgIpc) is 3.79. The molecule has 1 aromatic heterocycles. The van der Waals surface area contributed by atoms with Crippen molar-refractivity contribution in [1.29, 1.82) is 0 Å². The van der Waals surface area contributed by atoms with Gasteiger partial charge in [0.15, 0.2) is 0 Å². The SMILES string of the molecule is C1=CC(C2=NC(c3ccccc3)NC(c3ccccc3)N2)CC(n2c3ccccc3c3ccc4c(c32)C(c2ccccc2)(c2ccccc2)c2ccccc2-4)=C1. The smallest absolute Gasteiger partial charge is 0.129 e. The number of amidine groups is 1. The van der Waals surface area contributed by atoms with Crippen LogP contribution in [0.3, 0.4) is 0 Å². The lowest BCUT2D eigenvalue weighted by molar-refractivity contribution is 0.399. The Morgan fingerprint density at radius 2 is 1.20 bits per heavy atom. The van der Waals surface area contributed by atoms with E-state index in [1.54, 1.807) is 0 Å². The van der Waals surface area contributed by atoms with Crippen molar-refractivity contribution in [2.45, 2.75) is 24.2 Å². The quantitative estimate of drug-likeness (QED) is 0.180. The number of hydrogen-bond donors (Lipinski definition) is 2. The van der Waals surface area contributed by atoms with Gasteiger partial charge in [-0.3, -0.25) is 5.32 Å². The molecule has 3 atom stereocenters. The second-order valence-corrected chi connectivity index (χ2v) is 15.1. The van der Waals surface area contributed by atoms with E-state index in [2.05, 4.69) is 215 Å². The van der Waals surface area contributed by atoms with Crippen LogP contribution in [0.15, 0.2) is 205 Å². The van der Waals surface area contributed by atoms with E-state index < -0.39 is 5.41 Å². The van der Waals surface area contributed by atoms with Gasteiger partial charge in [-0.25, -0.2) is 4.99 Å². The second-order valence-electron chi connectivity index (χ2n) is 15.1. The Hall–Kier alpha value is -6.75. The highest BCUT2D eigenvalue weighted by molar-refractivity contribution is 6.14. The van der Waals surface area contributed by atoms with Crippen LogP contribution in [0.4, 0.5) is 0 Å². The molecule has 8 aromatic rings. The minimum Gasteiger partial charge on any atom is -0.354 e. The molecule has 1 aliphatic heterocycles. The Balaban J connectivity index is 1.12. The normalized spacial score (nSPS) is 19.5. The van der Waals surface area contributed by atoms with Crippen molar-refractivity contribution in [3.05, 3.63) is 234 Å².